The lowest BCUT2D eigenvalue weighted by Crippen LogP contribution is -2.68. The predicted octanol–water partition coefficient (Wildman–Crippen LogP) is 0.544. The van der Waals surface area contributed by atoms with Gasteiger partial charge in [-0.1, -0.05) is 72.3 Å². The number of carbonyl (C=O) groups is 2. The number of benzene rings is 4. The van der Waals surface area contributed by atoms with Crippen LogP contribution in [-0.4, -0.2) is 19.0 Å². The van der Waals surface area contributed by atoms with Crippen molar-refractivity contribution in [2.45, 2.75) is 6.92 Å². The van der Waals surface area contributed by atoms with Gasteiger partial charge in [-0.2, -0.15) is 0 Å². The van der Waals surface area contributed by atoms with Gasteiger partial charge in [0.15, 0.2) is 13.0 Å². The minimum absolute atomic E-state index is 0.0744. The van der Waals surface area contributed by atoms with Gasteiger partial charge in [0.1, 0.15) is 15.9 Å². The van der Waals surface area contributed by atoms with Gasteiger partial charge < -0.3 is 10.1 Å². The van der Waals surface area contributed by atoms with Crippen LogP contribution in [0.3, 0.4) is 0 Å². The van der Waals surface area contributed by atoms with Gasteiger partial charge >= 0.3 is 5.97 Å². The third kappa shape index (κ3) is 8.22. The highest BCUT2D eigenvalue weighted by molar-refractivity contribution is 8.00. The molecule has 0 fully saturated rings. The topological polar surface area (TPSA) is 148 Å². The Kier molecular flexibility index (Phi) is 11.2. The van der Waals surface area contributed by atoms with Gasteiger partial charge in [-0.05, 0) is 67.1 Å². The lowest BCUT2D eigenvalue weighted by molar-refractivity contribution is -2.00. The summed E-state index contributed by atoms with van der Waals surface area (Å²) in [6, 6.07) is 36.6. The summed E-state index contributed by atoms with van der Waals surface area (Å²) in [4.78, 5) is 26.4. The van der Waals surface area contributed by atoms with Crippen LogP contribution >= 0.6 is 18.9 Å². The van der Waals surface area contributed by atoms with Crippen molar-refractivity contribution in [3.05, 3.63) is 137 Å². The van der Waals surface area contributed by atoms with E-state index in [1.807, 2.05) is 110 Å². The number of methoxy groups -OCH3 is 1. The molecular formula is C30H26Cl2NO7P. The summed E-state index contributed by atoms with van der Waals surface area (Å²) in [5.41, 5.74) is 1.36. The molecule has 0 aromatic heterocycles. The Bertz CT molecular complexity index is 1380. The van der Waals surface area contributed by atoms with Crippen molar-refractivity contribution in [1.82, 2.24) is 5.32 Å². The van der Waals surface area contributed by atoms with Crippen LogP contribution in [0.5, 0.6) is 0 Å². The average molecular weight is 614 g/mol. The van der Waals surface area contributed by atoms with Crippen molar-refractivity contribution in [3.8, 4) is 0 Å². The molecule has 0 radical (unpaired) electrons. The van der Waals surface area contributed by atoms with Gasteiger partial charge in [0, 0.05) is 5.56 Å². The Balaban J connectivity index is 0.000000850. The van der Waals surface area contributed by atoms with Crippen LogP contribution in [0.15, 0.2) is 126 Å². The molecule has 4 aromatic carbocycles. The van der Waals surface area contributed by atoms with Gasteiger partial charge in [-0.3, -0.25) is 4.79 Å². The molecular weight excluding hydrogens is 588 g/mol. The standard InChI is InChI=1S/C30H25ClNO3P.ClHO4/c1-22-18-20-23(21-19-22)29(33)32-27(30(34)35-2)28(31)36(24-12-6-3-7-13-24,25-14-8-4-9-15-25)26-16-10-5-11-17-26;2-1(3,4)5/h3-21H,1-2H3;(H,2,3,4,5)/b28-27-;. The molecule has 0 aliphatic carbocycles. The van der Waals surface area contributed by atoms with Crippen molar-refractivity contribution in [3.63, 3.8) is 0 Å². The van der Waals surface area contributed by atoms with Gasteiger partial charge in [-0.25, -0.2) is 23.4 Å². The Morgan fingerprint density at radius 2 is 1.07 bits per heavy atom. The molecule has 0 saturated heterocycles. The number of rotatable bonds is 7. The van der Waals surface area contributed by atoms with Crippen LogP contribution in [0.25, 0.3) is 0 Å². The third-order valence-electron chi connectivity index (χ3n) is 5.87. The summed E-state index contributed by atoms with van der Waals surface area (Å²) in [6.45, 7) is 1.94. The number of hydrogen-bond acceptors (Lipinski definition) is 7. The second kappa shape index (κ2) is 14.3. The van der Waals surface area contributed by atoms with Crippen molar-refractivity contribution < 1.29 is 43.2 Å². The zero-order valence-electron chi connectivity index (χ0n) is 22.0. The van der Waals surface area contributed by atoms with E-state index in [1.54, 1.807) is 12.1 Å². The van der Waals surface area contributed by atoms with Gasteiger partial charge in [0.05, 0.1) is 7.11 Å². The molecule has 0 atom stereocenters. The molecule has 4 aromatic rings. The summed E-state index contributed by atoms with van der Waals surface area (Å²) < 4.78 is 39.3. The van der Waals surface area contributed by atoms with Crippen LogP contribution < -0.4 is 39.9 Å². The zero-order chi connectivity index (χ0) is 30.0. The Hall–Kier alpha value is -3.59. The normalized spacial score (nSPS) is 11.9. The molecule has 8 nitrogen and oxygen atoms in total. The first-order chi connectivity index (χ1) is 19.5. The Labute approximate surface area is 245 Å². The first-order valence-electron chi connectivity index (χ1n) is 12.0. The molecule has 0 heterocycles. The first-order valence-corrected chi connectivity index (χ1v) is 15.4. The second-order valence-electron chi connectivity index (χ2n) is 8.53. The van der Waals surface area contributed by atoms with E-state index in [0.29, 0.717) is 5.56 Å². The number of ether oxygens (including phenoxy) is 1. The second-order valence-corrected chi connectivity index (χ2v) is 13.3. The SMILES string of the molecule is COC(=O)/C(NC(=O)c1ccc(C)cc1)=C(\Cl)[P+](c1ccccc1)(c1ccccc1)c1ccccc1.[O-][Cl+3]([O-])([O-])[O-]. The van der Waals surface area contributed by atoms with E-state index < -0.39 is 29.4 Å². The number of nitrogens with one attached hydrogen (secondary N) is 1. The van der Waals surface area contributed by atoms with E-state index in [2.05, 4.69) is 5.32 Å². The fourth-order valence-corrected chi connectivity index (χ4v) is 9.01. The molecule has 212 valence electrons. The van der Waals surface area contributed by atoms with Crippen LogP contribution in [0.4, 0.5) is 0 Å². The number of amides is 1. The summed E-state index contributed by atoms with van der Waals surface area (Å²) in [5.74, 6) is -1.16. The number of halogens is 2. The van der Waals surface area contributed by atoms with Crippen LogP contribution in [0.2, 0.25) is 0 Å². The third-order valence-corrected chi connectivity index (χ3v) is 10.9. The highest BCUT2D eigenvalue weighted by atomic mass is 35.7. The average Bonchev–Trinajstić information content (AvgIpc) is 2.97. The Morgan fingerprint density at radius 1 is 0.707 bits per heavy atom. The van der Waals surface area contributed by atoms with E-state index in [0.717, 1.165) is 21.5 Å². The van der Waals surface area contributed by atoms with Gasteiger partial charge in [0.2, 0.25) is 4.77 Å². The molecule has 41 heavy (non-hydrogen) atoms. The van der Waals surface area contributed by atoms with Crippen molar-refractivity contribution in [1.29, 1.82) is 0 Å². The van der Waals surface area contributed by atoms with Crippen molar-refractivity contribution in [2.75, 3.05) is 7.11 Å². The number of carbonyl (C=O) groups excluding carboxylic acids is 2. The molecule has 0 spiro atoms. The van der Waals surface area contributed by atoms with Crippen LogP contribution in [0, 0.1) is 17.2 Å². The lowest BCUT2D eigenvalue weighted by atomic mass is 10.1. The number of aryl methyl sites for hydroxylation is 1. The number of esters is 1. The molecule has 1 amide bonds. The smallest absolute Gasteiger partial charge is 0.359 e. The highest BCUT2D eigenvalue weighted by Gasteiger charge is 2.52. The van der Waals surface area contributed by atoms with Crippen LogP contribution in [-0.2, 0) is 9.53 Å². The zero-order valence-corrected chi connectivity index (χ0v) is 24.4. The molecule has 0 aliphatic heterocycles. The van der Waals surface area contributed by atoms with Crippen molar-refractivity contribution in [2.24, 2.45) is 0 Å². The minimum atomic E-state index is -4.94. The molecule has 4 rings (SSSR count). The van der Waals surface area contributed by atoms with E-state index in [-0.39, 0.29) is 10.5 Å². The largest absolute Gasteiger partial charge is 0.464 e. The summed E-state index contributed by atoms with van der Waals surface area (Å²) in [5, 5.41) is 5.61. The van der Waals surface area contributed by atoms with E-state index in [1.165, 1.54) is 7.11 Å². The molecule has 0 saturated carbocycles. The van der Waals surface area contributed by atoms with Gasteiger partial charge in [0.25, 0.3) is 5.91 Å². The fraction of sp³-hybridized carbons (Fsp3) is 0.0667. The predicted molar refractivity (Wildman–Crippen MR) is 149 cm³/mol. The minimum Gasteiger partial charge on any atom is -0.464 e. The fourth-order valence-electron chi connectivity index (χ4n) is 4.09. The van der Waals surface area contributed by atoms with Gasteiger partial charge in [-0.15, -0.1) is 10.2 Å². The Morgan fingerprint density at radius 3 is 1.41 bits per heavy atom. The molecule has 11 heteroatoms. The maximum absolute atomic E-state index is 13.2. The summed E-state index contributed by atoms with van der Waals surface area (Å²) >= 11 is 7.32. The quantitative estimate of drug-likeness (QED) is 0.182. The maximum atomic E-state index is 13.2. The van der Waals surface area contributed by atoms with Crippen molar-refractivity contribution >= 4 is 46.7 Å². The number of hydrogen-bond donors (Lipinski definition) is 1. The maximum Gasteiger partial charge on any atom is 0.359 e. The molecule has 0 bridgehead atoms. The van der Waals surface area contributed by atoms with E-state index >= 15 is 0 Å². The summed E-state index contributed by atoms with van der Waals surface area (Å²) in [6.07, 6.45) is 0. The van der Waals surface area contributed by atoms with Crippen LogP contribution in [0.1, 0.15) is 15.9 Å². The molecule has 1 N–H and O–H groups in total. The highest BCUT2D eigenvalue weighted by Crippen LogP contribution is 2.64. The summed E-state index contributed by atoms with van der Waals surface area (Å²) in [7, 11) is -6.46. The monoisotopic (exact) mass is 613 g/mol. The first kappa shape index (κ1) is 31.9. The molecule has 0 aliphatic rings. The molecule has 0 unspecified atom stereocenters. The van der Waals surface area contributed by atoms with E-state index in [9.17, 15) is 9.59 Å². The van der Waals surface area contributed by atoms with E-state index in [4.69, 9.17) is 35.0 Å². The lowest BCUT2D eigenvalue weighted by Gasteiger charge is -2.27.